The van der Waals surface area contributed by atoms with Gasteiger partial charge in [0, 0.05) is 0 Å². The van der Waals surface area contributed by atoms with Gasteiger partial charge in [-0.05, 0) is 43.7 Å². The molecule has 0 aromatic heterocycles. The lowest BCUT2D eigenvalue weighted by atomic mass is 10.2. The van der Waals surface area contributed by atoms with Crippen LogP contribution >= 0.6 is 0 Å². The molecule has 0 atom stereocenters. The molecule has 0 aliphatic carbocycles. The fraction of sp³-hybridized carbons (Fsp3) is 1.00. The molecule has 0 radical (unpaired) electrons. The lowest BCUT2D eigenvalue weighted by molar-refractivity contribution is 0.655. The highest BCUT2D eigenvalue weighted by Crippen LogP contribution is 2.00. The Balaban J connectivity index is 3.76. The second-order valence-corrected chi connectivity index (χ2v) is 17.3. The molecule has 3 nitrogen and oxygen atoms in total. The Hall–Kier alpha value is 0.531. The van der Waals surface area contributed by atoms with Crippen molar-refractivity contribution >= 4 is 29.0 Å². The van der Waals surface area contributed by atoms with E-state index >= 15 is 0 Å². The number of hydrogen-bond donors (Lipinski definition) is 3. The van der Waals surface area contributed by atoms with Gasteiger partial charge in [-0.2, -0.15) is 0 Å². The van der Waals surface area contributed by atoms with E-state index in [0.717, 1.165) is 4.79 Å². The van der Waals surface area contributed by atoms with Crippen molar-refractivity contribution in [3.63, 3.8) is 0 Å². The van der Waals surface area contributed by atoms with Gasteiger partial charge in [0.05, 0.1) is 29.0 Å². The van der Waals surface area contributed by atoms with Crippen LogP contribution in [0.25, 0.3) is 0 Å². The van der Waals surface area contributed by atoms with Crippen molar-refractivity contribution in [1.29, 1.82) is 0 Å². The number of unbranched alkanes of at least 4 members (excludes halogenated alkanes) is 9. The molecule has 0 saturated heterocycles. The van der Waals surface area contributed by atoms with E-state index < -0.39 is 0 Å². The molecule has 0 aromatic carbocycles. The van der Waals surface area contributed by atoms with E-state index in [1.165, 1.54) is 96.7 Å². The average molecular weight is 404 g/mol. The highest BCUT2D eigenvalue weighted by Gasteiger charge is 2.10. The first kappa shape index (κ1) is 25.5. The van der Waals surface area contributed by atoms with Gasteiger partial charge in [0.2, 0.25) is 0 Å². The van der Waals surface area contributed by atoms with Crippen LogP contribution in [0.15, 0.2) is 0 Å². The van der Waals surface area contributed by atoms with Crippen molar-refractivity contribution in [2.45, 2.75) is 103 Å². The third kappa shape index (κ3) is 20.7. The van der Waals surface area contributed by atoms with Crippen LogP contribution in [0.5, 0.6) is 0 Å². The van der Waals surface area contributed by atoms with Gasteiger partial charge in [-0.1, -0.05) is 78.6 Å². The Morgan fingerprint density at radius 2 is 0.800 bits per heavy atom. The van der Waals surface area contributed by atoms with Gasteiger partial charge < -0.3 is 14.9 Å². The maximum atomic E-state index is 3.90. The van der Waals surface area contributed by atoms with Crippen molar-refractivity contribution in [3.05, 3.63) is 0 Å². The molecule has 0 aliphatic rings. The molecular formula is C19H49N3Si3. The lowest BCUT2D eigenvalue weighted by Gasteiger charge is -2.17. The fourth-order valence-electron chi connectivity index (χ4n) is 3.17. The topological polar surface area (TPSA) is 36.1 Å². The second-order valence-electron chi connectivity index (χ2n) is 7.66. The van der Waals surface area contributed by atoms with E-state index in [1.54, 1.807) is 0 Å². The summed E-state index contributed by atoms with van der Waals surface area (Å²) < 4.78 is 0. The summed E-state index contributed by atoms with van der Waals surface area (Å²) in [4.78, 5) is 12.8. The molecule has 0 amide bonds. The molecule has 0 rings (SSSR count). The van der Waals surface area contributed by atoms with E-state index in [1.807, 2.05) is 0 Å². The average Bonchev–Trinajstić information content (AvgIpc) is 2.63. The quantitative estimate of drug-likeness (QED) is 0.203. The first-order chi connectivity index (χ1) is 12.3. The maximum Gasteiger partial charge on any atom is 0.0909 e. The van der Waals surface area contributed by atoms with E-state index in [-0.39, 0.29) is 29.0 Å². The fourth-order valence-corrected chi connectivity index (χ4v) is 11.2. The molecule has 0 bridgehead atoms. The monoisotopic (exact) mass is 403 g/mol. The van der Waals surface area contributed by atoms with Crippen LogP contribution in [0.2, 0.25) is 4.79 Å². The normalized spacial score (nSPS) is 14.0. The zero-order valence-electron chi connectivity index (χ0n) is 17.8. The van der Waals surface area contributed by atoms with Gasteiger partial charge in [-0.25, -0.2) is 0 Å². The van der Waals surface area contributed by atoms with Crippen LogP contribution in [-0.2, 0) is 0 Å². The highest BCUT2D eigenvalue weighted by atomic mass is 28.3. The summed E-state index contributed by atoms with van der Waals surface area (Å²) in [6.07, 6.45) is 16.7. The van der Waals surface area contributed by atoms with Crippen molar-refractivity contribution < 1.29 is 0 Å². The molecule has 0 fully saturated rings. The van der Waals surface area contributed by atoms with Crippen molar-refractivity contribution in [1.82, 2.24) is 14.9 Å². The minimum absolute atomic E-state index is 0.0482. The molecule has 0 spiro atoms. The van der Waals surface area contributed by atoms with E-state index in [0.29, 0.717) is 0 Å². The van der Waals surface area contributed by atoms with Crippen molar-refractivity contribution in [2.24, 2.45) is 0 Å². The van der Waals surface area contributed by atoms with Crippen LogP contribution in [-0.4, -0.2) is 48.7 Å². The van der Waals surface area contributed by atoms with Gasteiger partial charge >= 0.3 is 0 Å². The summed E-state index contributed by atoms with van der Waals surface area (Å²) >= 11 is 0. The Labute approximate surface area is 166 Å². The Morgan fingerprint density at radius 1 is 0.480 bits per heavy atom. The molecule has 0 aliphatic heterocycles. The number of hydrogen-bond acceptors (Lipinski definition) is 3. The smallest absolute Gasteiger partial charge is 0.0909 e. The molecule has 0 heterocycles. The molecule has 6 heteroatoms. The first-order valence-electron chi connectivity index (χ1n) is 11.5. The van der Waals surface area contributed by atoms with Crippen LogP contribution in [0.1, 0.15) is 97.8 Å². The van der Waals surface area contributed by atoms with Gasteiger partial charge in [0.25, 0.3) is 0 Å². The largest absolute Gasteiger partial charge is 0.342 e. The summed E-state index contributed by atoms with van der Waals surface area (Å²) in [7, 11) is -0.145. The van der Waals surface area contributed by atoms with Crippen LogP contribution in [0.4, 0.5) is 0 Å². The lowest BCUT2D eigenvalue weighted by Crippen LogP contribution is -2.41. The van der Waals surface area contributed by atoms with E-state index in [4.69, 9.17) is 0 Å². The minimum Gasteiger partial charge on any atom is -0.342 e. The van der Waals surface area contributed by atoms with Crippen molar-refractivity contribution in [3.8, 4) is 0 Å². The molecule has 3 N–H and O–H groups in total. The molecule has 0 saturated carbocycles. The molecule has 152 valence electrons. The molecular weight excluding hydrogens is 354 g/mol. The Bertz CT molecular complexity index is 208. The Morgan fingerprint density at radius 3 is 1.08 bits per heavy atom. The summed E-state index contributed by atoms with van der Waals surface area (Å²) in [5, 5.41) is 0. The zero-order valence-corrected chi connectivity index (χ0v) is 22.0. The summed E-state index contributed by atoms with van der Waals surface area (Å²) in [5.41, 5.74) is 0. The predicted octanol–water partition coefficient (Wildman–Crippen LogP) is 2.45. The van der Waals surface area contributed by atoms with Gasteiger partial charge in [-0.15, -0.1) is 0 Å². The van der Waals surface area contributed by atoms with Gasteiger partial charge in [-0.3, -0.25) is 0 Å². The predicted molar refractivity (Wildman–Crippen MR) is 126 cm³/mol. The molecule has 25 heavy (non-hydrogen) atoms. The summed E-state index contributed by atoms with van der Waals surface area (Å²) in [6.45, 7) is 10.8. The first-order valence-corrected chi connectivity index (χ1v) is 16.0. The van der Waals surface area contributed by atoms with E-state index in [9.17, 15) is 0 Å². The summed E-state index contributed by atoms with van der Waals surface area (Å²) in [5.74, 6) is 0. The third-order valence-electron chi connectivity index (χ3n) is 4.92. The molecule has 0 aromatic rings. The van der Waals surface area contributed by atoms with Crippen LogP contribution in [0, 0.1) is 0 Å². The number of nitrogens with one attached hydrogen (secondary N) is 3. The maximum absolute atomic E-state index is 3.90. The number of rotatable bonds is 21. The highest BCUT2D eigenvalue weighted by molar-refractivity contribution is 6.73. The SMILES string of the molecule is CCCCCCN[SiH2]C([SiH2]NCCCCCC)[SiH2]NCCCCCC. The zero-order chi connectivity index (χ0) is 18.4. The van der Waals surface area contributed by atoms with Crippen LogP contribution < -0.4 is 14.9 Å². The minimum atomic E-state index is -0.0482. The van der Waals surface area contributed by atoms with Crippen LogP contribution in [0.3, 0.4) is 0 Å². The third-order valence-corrected chi connectivity index (χ3v) is 13.8. The molecule has 0 unspecified atom stereocenters. The summed E-state index contributed by atoms with van der Waals surface area (Å²) in [6, 6.07) is 0. The standard InChI is InChI=1S/C19H49N3Si3/c1-4-7-10-13-16-20-23-19(24-21-17-14-11-8-5-2)25-22-18-15-12-9-6-3/h19-22H,4-18,23-25H2,1-3H3. The van der Waals surface area contributed by atoms with Crippen molar-refractivity contribution in [2.75, 3.05) is 19.6 Å². The Kier molecular flexibility index (Phi) is 23.1. The van der Waals surface area contributed by atoms with Gasteiger partial charge in [0.1, 0.15) is 0 Å². The van der Waals surface area contributed by atoms with Gasteiger partial charge in [0.15, 0.2) is 0 Å². The second kappa shape index (κ2) is 22.6. The van der Waals surface area contributed by atoms with E-state index in [2.05, 4.69) is 35.7 Å².